The number of hydrogen-bond donors (Lipinski definition) is 1. The molecule has 0 saturated carbocycles. The van der Waals surface area contributed by atoms with Gasteiger partial charge in [0, 0.05) is 5.11 Å². The van der Waals surface area contributed by atoms with Crippen molar-refractivity contribution in [3.8, 4) is 0 Å². The third kappa shape index (κ3) is 2.16. The third-order valence-corrected chi connectivity index (χ3v) is 2.67. The summed E-state index contributed by atoms with van der Waals surface area (Å²) in [6.07, 6.45) is 0.917. The van der Waals surface area contributed by atoms with E-state index in [4.69, 9.17) is 0 Å². The molecule has 1 rings (SSSR count). The molecule has 1 aliphatic heterocycles. The molecule has 0 aliphatic carbocycles. The number of carbonyl (C=O) groups is 2. The normalized spacial score (nSPS) is 19.4. The standard InChI is InChI=1S/C8H12N2O2S.Na/c1-3-8(4-2)5(11)9-7(13)10-6(8)12;/h3-4H2,1-2H3,(H2,9,10,11,12,13);/q;+1/p-1. The van der Waals surface area contributed by atoms with Crippen LogP contribution in [0.25, 0.3) is 5.32 Å². The summed E-state index contributed by atoms with van der Waals surface area (Å²) in [5.74, 6) is -0.728. The van der Waals surface area contributed by atoms with Crippen molar-refractivity contribution in [3.63, 3.8) is 0 Å². The summed E-state index contributed by atoms with van der Waals surface area (Å²) in [7, 11) is 0. The Labute approximate surface area is 110 Å². The molecular weight excluding hydrogens is 211 g/mol. The summed E-state index contributed by atoms with van der Waals surface area (Å²) in [5, 5.41) is 5.98. The zero-order chi connectivity index (χ0) is 10.1. The minimum atomic E-state index is -0.984. The third-order valence-electron chi connectivity index (χ3n) is 2.47. The number of thiocarbonyl (C=S) groups is 1. The van der Waals surface area contributed by atoms with Crippen molar-refractivity contribution in [1.82, 2.24) is 5.32 Å². The molecule has 0 aromatic rings. The van der Waals surface area contributed by atoms with E-state index < -0.39 is 11.3 Å². The largest absolute Gasteiger partial charge is 1.00 e. The Hall–Kier alpha value is 0.0300. The Morgan fingerprint density at radius 1 is 1.36 bits per heavy atom. The van der Waals surface area contributed by atoms with Gasteiger partial charge in [0.2, 0.25) is 0 Å². The van der Waals surface area contributed by atoms with Crippen LogP contribution < -0.4 is 34.9 Å². The molecule has 0 radical (unpaired) electrons. The molecule has 0 unspecified atom stereocenters. The molecule has 1 N–H and O–H groups in total. The molecule has 14 heavy (non-hydrogen) atoms. The number of rotatable bonds is 2. The van der Waals surface area contributed by atoms with E-state index in [9.17, 15) is 9.59 Å². The van der Waals surface area contributed by atoms with Crippen molar-refractivity contribution in [3.05, 3.63) is 5.32 Å². The van der Waals surface area contributed by atoms with Crippen LogP contribution in [0, 0.1) is 5.41 Å². The summed E-state index contributed by atoms with van der Waals surface area (Å²) in [6.45, 7) is 3.59. The molecule has 1 aliphatic rings. The Balaban J connectivity index is 0.00000169. The van der Waals surface area contributed by atoms with Crippen LogP contribution >= 0.6 is 12.2 Å². The summed E-state index contributed by atoms with van der Waals surface area (Å²) >= 11 is 4.64. The molecular formula is C8H11N2NaO2S. The van der Waals surface area contributed by atoms with E-state index in [1.165, 1.54) is 0 Å². The van der Waals surface area contributed by atoms with Gasteiger partial charge in [0.1, 0.15) is 0 Å². The van der Waals surface area contributed by atoms with Crippen LogP contribution in [0.5, 0.6) is 0 Å². The topological polar surface area (TPSA) is 60.3 Å². The Bertz CT molecular complexity index is 255. The fourth-order valence-corrected chi connectivity index (χ4v) is 1.59. The van der Waals surface area contributed by atoms with E-state index >= 15 is 0 Å². The van der Waals surface area contributed by atoms with E-state index in [1.54, 1.807) is 13.8 Å². The Morgan fingerprint density at radius 3 is 2.21 bits per heavy atom. The molecule has 72 valence electrons. The monoisotopic (exact) mass is 222 g/mol. The van der Waals surface area contributed by atoms with Crippen molar-refractivity contribution in [2.24, 2.45) is 5.41 Å². The maximum absolute atomic E-state index is 11.5. The first kappa shape index (κ1) is 14.0. The minimum absolute atomic E-state index is 0. The SMILES string of the molecule is CCC1(CC)C(=O)[N-]C(=S)NC1=O.[Na+]. The maximum Gasteiger partial charge on any atom is 1.00 e. The number of carbonyl (C=O) groups excluding carboxylic acids is 2. The zero-order valence-electron chi connectivity index (χ0n) is 8.59. The van der Waals surface area contributed by atoms with Crippen LogP contribution in [0.15, 0.2) is 0 Å². The van der Waals surface area contributed by atoms with E-state index in [-0.39, 0.29) is 40.6 Å². The van der Waals surface area contributed by atoms with Crippen LogP contribution in [0.2, 0.25) is 0 Å². The van der Waals surface area contributed by atoms with Crippen LogP contribution in [0.1, 0.15) is 26.7 Å². The average Bonchev–Trinajstić information content (AvgIpc) is 2.05. The zero-order valence-corrected chi connectivity index (χ0v) is 11.4. The fraction of sp³-hybridized carbons (Fsp3) is 0.625. The summed E-state index contributed by atoms with van der Waals surface area (Å²) in [5.41, 5.74) is -0.984. The van der Waals surface area contributed by atoms with Gasteiger partial charge in [-0.3, -0.25) is 9.59 Å². The molecule has 0 aromatic heterocycles. The molecule has 2 amide bonds. The van der Waals surface area contributed by atoms with Gasteiger partial charge in [-0.2, -0.15) is 0 Å². The first-order valence-electron chi connectivity index (χ1n) is 4.18. The first-order chi connectivity index (χ1) is 6.06. The van der Waals surface area contributed by atoms with E-state index in [2.05, 4.69) is 22.9 Å². The van der Waals surface area contributed by atoms with Gasteiger partial charge in [-0.1, -0.05) is 26.1 Å². The maximum atomic E-state index is 11.5. The van der Waals surface area contributed by atoms with Crippen LogP contribution in [0.3, 0.4) is 0 Å². The molecule has 1 saturated heterocycles. The summed E-state index contributed by atoms with van der Waals surface area (Å²) in [6, 6.07) is 0. The summed E-state index contributed by atoms with van der Waals surface area (Å²) in [4.78, 5) is 23.0. The molecule has 6 heteroatoms. The van der Waals surface area contributed by atoms with Gasteiger partial charge in [-0.25, -0.2) is 0 Å². The van der Waals surface area contributed by atoms with E-state index in [1.807, 2.05) is 0 Å². The van der Waals surface area contributed by atoms with Gasteiger partial charge in [-0.05, 0) is 12.8 Å². The minimum Gasteiger partial charge on any atom is -0.418 e. The first-order valence-corrected chi connectivity index (χ1v) is 4.59. The average molecular weight is 222 g/mol. The smallest absolute Gasteiger partial charge is 0.418 e. The van der Waals surface area contributed by atoms with Crippen molar-refractivity contribution in [2.45, 2.75) is 26.7 Å². The molecule has 0 bridgehead atoms. The van der Waals surface area contributed by atoms with Crippen molar-refractivity contribution in [2.75, 3.05) is 0 Å². The molecule has 4 nitrogen and oxygen atoms in total. The quantitative estimate of drug-likeness (QED) is 0.338. The van der Waals surface area contributed by atoms with E-state index in [0.717, 1.165) is 0 Å². The van der Waals surface area contributed by atoms with Gasteiger partial charge in [0.15, 0.2) is 11.8 Å². The van der Waals surface area contributed by atoms with Crippen molar-refractivity contribution < 1.29 is 39.1 Å². The number of nitrogens with zero attached hydrogens (tertiary/aromatic N) is 1. The Morgan fingerprint density at radius 2 is 1.86 bits per heavy atom. The fourth-order valence-electron chi connectivity index (χ4n) is 1.41. The van der Waals surface area contributed by atoms with Gasteiger partial charge in [0.25, 0.3) is 0 Å². The molecule has 1 heterocycles. The molecule has 1 fully saturated rings. The number of nitrogens with one attached hydrogen (secondary N) is 1. The number of amides is 2. The van der Waals surface area contributed by atoms with Gasteiger partial charge >= 0.3 is 29.6 Å². The predicted molar refractivity (Wildman–Crippen MR) is 52.1 cm³/mol. The molecule has 0 aromatic carbocycles. The Kier molecular flexibility index (Phi) is 5.22. The molecule has 0 atom stereocenters. The molecule has 0 spiro atoms. The second kappa shape index (κ2) is 5.21. The predicted octanol–water partition coefficient (Wildman–Crippen LogP) is -1.89. The van der Waals surface area contributed by atoms with Crippen LogP contribution in [0.4, 0.5) is 0 Å². The van der Waals surface area contributed by atoms with Crippen molar-refractivity contribution >= 4 is 29.1 Å². The van der Waals surface area contributed by atoms with Gasteiger partial charge < -0.3 is 10.6 Å². The second-order valence-corrected chi connectivity index (χ2v) is 3.35. The summed E-state index contributed by atoms with van der Waals surface area (Å²) < 4.78 is 0. The van der Waals surface area contributed by atoms with E-state index in [0.29, 0.717) is 12.8 Å². The van der Waals surface area contributed by atoms with Gasteiger partial charge in [0.05, 0.1) is 5.41 Å². The van der Waals surface area contributed by atoms with Crippen LogP contribution in [-0.2, 0) is 9.59 Å². The van der Waals surface area contributed by atoms with Crippen LogP contribution in [-0.4, -0.2) is 16.9 Å². The number of hydrogen-bond acceptors (Lipinski definition) is 3. The second-order valence-electron chi connectivity index (χ2n) is 2.97. The van der Waals surface area contributed by atoms with Crippen molar-refractivity contribution in [1.29, 1.82) is 0 Å². The van der Waals surface area contributed by atoms with Gasteiger partial charge in [-0.15, -0.1) is 0 Å².